The molecule has 0 saturated heterocycles. The van der Waals surface area contributed by atoms with Crippen molar-refractivity contribution in [3.05, 3.63) is 57.7 Å². The summed E-state index contributed by atoms with van der Waals surface area (Å²) in [6.07, 6.45) is 0. The lowest BCUT2D eigenvalue weighted by Gasteiger charge is -2.12. The van der Waals surface area contributed by atoms with Crippen molar-refractivity contribution >= 4 is 29.2 Å². The molecule has 0 aliphatic rings. The van der Waals surface area contributed by atoms with Crippen LogP contribution in [0.1, 0.15) is 22.4 Å². The molecule has 3 nitrogen and oxygen atoms in total. The van der Waals surface area contributed by atoms with Gasteiger partial charge in [-0.3, -0.25) is 5.41 Å². The van der Waals surface area contributed by atoms with Crippen LogP contribution in [-0.2, 0) is 5.75 Å². The van der Waals surface area contributed by atoms with Crippen LogP contribution < -0.4 is 5.73 Å². The summed E-state index contributed by atoms with van der Waals surface area (Å²) < 4.78 is 0. The second-order valence-corrected chi connectivity index (χ2v) is 5.93. The third-order valence-electron chi connectivity index (χ3n) is 2.90. The van der Waals surface area contributed by atoms with Gasteiger partial charge in [0.2, 0.25) is 0 Å². The van der Waals surface area contributed by atoms with Crippen LogP contribution in [-0.4, -0.2) is 10.8 Å². The van der Waals surface area contributed by atoms with Crippen LogP contribution in [0.2, 0.25) is 5.02 Å². The molecule has 1 aromatic heterocycles. The van der Waals surface area contributed by atoms with E-state index in [0.29, 0.717) is 11.3 Å². The molecule has 0 bridgehead atoms. The third kappa shape index (κ3) is 3.32. The zero-order chi connectivity index (χ0) is 14.7. The first-order chi connectivity index (χ1) is 9.49. The number of amidine groups is 1. The first-order valence-electron chi connectivity index (χ1n) is 6.18. The Bertz CT molecular complexity index is 656. The zero-order valence-electron chi connectivity index (χ0n) is 11.4. The van der Waals surface area contributed by atoms with Crippen LogP contribution >= 0.6 is 23.4 Å². The highest BCUT2D eigenvalue weighted by molar-refractivity contribution is 7.98. The summed E-state index contributed by atoms with van der Waals surface area (Å²) in [5.74, 6) is 0.757. The van der Waals surface area contributed by atoms with Crippen LogP contribution in [0.3, 0.4) is 0 Å². The van der Waals surface area contributed by atoms with E-state index >= 15 is 0 Å². The Morgan fingerprint density at radius 2 is 2.05 bits per heavy atom. The number of nitrogens with zero attached hydrogens (tertiary/aromatic N) is 1. The number of nitrogen functional groups attached to an aromatic ring is 1. The molecule has 1 heterocycles. The smallest absolute Gasteiger partial charge is 0.125 e. The number of hydrogen-bond acceptors (Lipinski definition) is 3. The molecule has 0 spiro atoms. The van der Waals surface area contributed by atoms with Crippen molar-refractivity contribution in [2.24, 2.45) is 5.73 Å². The molecule has 0 atom stereocenters. The molecule has 104 valence electrons. The molecular weight excluding hydrogens is 290 g/mol. The molecule has 0 aliphatic heterocycles. The quantitative estimate of drug-likeness (QED) is 0.511. The molecule has 0 radical (unpaired) electrons. The zero-order valence-corrected chi connectivity index (χ0v) is 13.0. The van der Waals surface area contributed by atoms with Crippen LogP contribution in [0.25, 0.3) is 0 Å². The average molecular weight is 306 g/mol. The maximum absolute atomic E-state index is 7.71. The lowest BCUT2D eigenvalue weighted by Crippen LogP contribution is -2.15. The SMILES string of the molecule is Cc1cc(C)c(C(=N)N)c(SCc2ccccc2Cl)n1. The second-order valence-electron chi connectivity index (χ2n) is 4.55. The predicted octanol–water partition coefficient (Wildman–Crippen LogP) is 3.93. The minimum atomic E-state index is 0.0525. The number of nitrogens with one attached hydrogen (secondary N) is 1. The number of pyridine rings is 1. The van der Waals surface area contributed by atoms with Gasteiger partial charge in [-0.25, -0.2) is 4.98 Å². The average Bonchev–Trinajstić information content (AvgIpc) is 2.36. The fourth-order valence-corrected chi connectivity index (χ4v) is 3.45. The van der Waals surface area contributed by atoms with E-state index in [-0.39, 0.29) is 5.84 Å². The number of nitrogens with two attached hydrogens (primary N) is 1. The number of halogens is 1. The van der Waals surface area contributed by atoms with Crippen molar-refractivity contribution in [1.29, 1.82) is 5.41 Å². The molecule has 3 N–H and O–H groups in total. The fraction of sp³-hybridized carbons (Fsp3) is 0.200. The lowest BCUT2D eigenvalue weighted by molar-refractivity contribution is 1.03. The van der Waals surface area contributed by atoms with E-state index in [1.807, 2.05) is 44.2 Å². The summed E-state index contributed by atoms with van der Waals surface area (Å²) in [6.45, 7) is 3.89. The summed E-state index contributed by atoms with van der Waals surface area (Å²) >= 11 is 7.71. The van der Waals surface area contributed by atoms with Gasteiger partial charge in [0.1, 0.15) is 10.9 Å². The van der Waals surface area contributed by atoms with Crippen LogP contribution in [0.5, 0.6) is 0 Å². The summed E-state index contributed by atoms with van der Waals surface area (Å²) in [7, 11) is 0. The Morgan fingerprint density at radius 1 is 1.35 bits per heavy atom. The van der Waals surface area contributed by atoms with Crippen molar-refractivity contribution < 1.29 is 0 Å². The van der Waals surface area contributed by atoms with E-state index in [2.05, 4.69) is 4.98 Å². The highest BCUT2D eigenvalue weighted by Gasteiger charge is 2.12. The number of aryl methyl sites for hydroxylation is 2. The van der Waals surface area contributed by atoms with E-state index in [1.165, 1.54) is 0 Å². The van der Waals surface area contributed by atoms with Crippen molar-refractivity contribution in [2.45, 2.75) is 24.6 Å². The summed E-state index contributed by atoms with van der Waals surface area (Å²) in [6, 6.07) is 9.68. The normalized spacial score (nSPS) is 10.6. The van der Waals surface area contributed by atoms with Gasteiger partial charge >= 0.3 is 0 Å². The van der Waals surface area contributed by atoms with E-state index in [9.17, 15) is 0 Å². The number of hydrogen-bond donors (Lipinski definition) is 2. The molecule has 0 unspecified atom stereocenters. The van der Waals surface area contributed by atoms with Gasteiger partial charge in [-0.2, -0.15) is 0 Å². The van der Waals surface area contributed by atoms with Crippen molar-refractivity contribution in [1.82, 2.24) is 4.98 Å². The maximum atomic E-state index is 7.71. The summed E-state index contributed by atoms with van der Waals surface area (Å²) in [5, 5.41) is 9.24. The fourth-order valence-electron chi connectivity index (χ4n) is 2.00. The Morgan fingerprint density at radius 3 is 2.70 bits per heavy atom. The van der Waals surface area contributed by atoms with Crippen molar-refractivity contribution in [2.75, 3.05) is 0 Å². The Kier molecular flexibility index (Phi) is 4.68. The first-order valence-corrected chi connectivity index (χ1v) is 7.54. The molecule has 2 aromatic rings. The monoisotopic (exact) mass is 305 g/mol. The standard InChI is InChI=1S/C15H16ClN3S/c1-9-7-10(2)19-15(13(9)14(17)18)20-8-11-5-3-4-6-12(11)16/h3-7H,8H2,1-2H3,(H3,17,18). The topological polar surface area (TPSA) is 62.8 Å². The van der Waals surface area contributed by atoms with E-state index in [1.54, 1.807) is 11.8 Å². The van der Waals surface area contributed by atoms with Gasteiger partial charge < -0.3 is 5.73 Å². The molecule has 1 aromatic carbocycles. The van der Waals surface area contributed by atoms with E-state index < -0.39 is 0 Å². The first kappa shape index (κ1) is 14.9. The van der Waals surface area contributed by atoms with Gasteiger partial charge in [-0.05, 0) is 37.1 Å². The molecule has 0 aliphatic carbocycles. The minimum Gasteiger partial charge on any atom is -0.384 e. The van der Waals surface area contributed by atoms with Crippen LogP contribution in [0, 0.1) is 19.3 Å². The van der Waals surface area contributed by atoms with Crippen molar-refractivity contribution in [3.8, 4) is 0 Å². The Labute approximate surface area is 128 Å². The molecule has 2 rings (SSSR count). The van der Waals surface area contributed by atoms with Crippen LogP contribution in [0.15, 0.2) is 35.4 Å². The number of aromatic nitrogens is 1. The van der Waals surface area contributed by atoms with Gasteiger partial charge in [0, 0.05) is 16.5 Å². The highest BCUT2D eigenvalue weighted by atomic mass is 35.5. The Balaban J connectivity index is 2.30. The van der Waals surface area contributed by atoms with Gasteiger partial charge in [0.25, 0.3) is 0 Å². The Hall–Kier alpha value is -1.52. The second kappa shape index (κ2) is 6.29. The molecule has 0 saturated carbocycles. The molecule has 0 fully saturated rings. The largest absolute Gasteiger partial charge is 0.384 e. The van der Waals surface area contributed by atoms with Gasteiger partial charge in [0.15, 0.2) is 0 Å². The molecule has 20 heavy (non-hydrogen) atoms. The molecular formula is C15H16ClN3S. The highest BCUT2D eigenvalue weighted by Crippen LogP contribution is 2.29. The van der Waals surface area contributed by atoms with E-state index in [0.717, 1.165) is 26.9 Å². The summed E-state index contributed by atoms with van der Waals surface area (Å²) in [4.78, 5) is 4.50. The molecule has 5 heteroatoms. The molecule has 0 amide bonds. The third-order valence-corrected chi connectivity index (χ3v) is 4.30. The van der Waals surface area contributed by atoms with E-state index in [4.69, 9.17) is 22.7 Å². The van der Waals surface area contributed by atoms with Gasteiger partial charge in [0.05, 0.1) is 5.56 Å². The minimum absolute atomic E-state index is 0.0525. The number of benzene rings is 1. The summed E-state index contributed by atoms with van der Waals surface area (Å²) in [5.41, 5.74) is 9.34. The van der Waals surface area contributed by atoms with Gasteiger partial charge in [-0.15, -0.1) is 11.8 Å². The predicted molar refractivity (Wildman–Crippen MR) is 85.7 cm³/mol. The van der Waals surface area contributed by atoms with Crippen molar-refractivity contribution in [3.63, 3.8) is 0 Å². The number of thioether (sulfide) groups is 1. The van der Waals surface area contributed by atoms with Gasteiger partial charge in [-0.1, -0.05) is 29.8 Å². The van der Waals surface area contributed by atoms with Crippen LogP contribution in [0.4, 0.5) is 0 Å². The maximum Gasteiger partial charge on any atom is 0.125 e. The number of rotatable bonds is 4. The lowest BCUT2D eigenvalue weighted by atomic mass is 10.1.